The third-order valence-electron chi connectivity index (χ3n) is 2.77. The van der Waals surface area contributed by atoms with Gasteiger partial charge in [-0.05, 0) is 26.0 Å². The topological polar surface area (TPSA) is 38.3 Å². The van der Waals surface area contributed by atoms with E-state index in [1.54, 1.807) is 19.2 Å². The van der Waals surface area contributed by atoms with Crippen molar-refractivity contribution in [1.29, 1.82) is 0 Å². The Labute approximate surface area is 93.4 Å². The van der Waals surface area contributed by atoms with E-state index in [1.807, 2.05) is 13.8 Å². The highest BCUT2D eigenvalue weighted by Gasteiger charge is 2.41. The molecule has 1 aromatic carbocycles. The molecule has 15 heavy (non-hydrogen) atoms. The zero-order valence-corrected chi connectivity index (χ0v) is 9.61. The molecule has 0 saturated carbocycles. The minimum absolute atomic E-state index is 0.0519. The van der Waals surface area contributed by atoms with Crippen molar-refractivity contribution in [1.82, 2.24) is 0 Å². The number of anilines is 1. The predicted molar refractivity (Wildman–Crippen MR) is 59.7 cm³/mol. The van der Waals surface area contributed by atoms with Crippen LogP contribution in [0.25, 0.3) is 0 Å². The summed E-state index contributed by atoms with van der Waals surface area (Å²) >= 11 is 6.10. The number of ether oxygens (including phenoxy) is 1. The minimum atomic E-state index is -0.596. The van der Waals surface area contributed by atoms with E-state index in [9.17, 15) is 4.79 Å². The molecule has 4 heteroatoms. The van der Waals surface area contributed by atoms with Gasteiger partial charge in [-0.25, -0.2) is 0 Å². The molecular weight excluding hydrogens is 214 g/mol. The fourth-order valence-corrected chi connectivity index (χ4v) is 2.24. The fourth-order valence-electron chi connectivity index (χ4n) is 1.85. The first-order valence-corrected chi connectivity index (χ1v) is 5.04. The second-order valence-electron chi connectivity index (χ2n) is 4.08. The molecule has 0 atom stereocenters. The van der Waals surface area contributed by atoms with Gasteiger partial charge in [0.15, 0.2) is 0 Å². The number of carbonyl (C=O) groups is 1. The van der Waals surface area contributed by atoms with Crippen LogP contribution >= 0.6 is 11.6 Å². The summed E-state index contributed by atoms with van der Waals surface area (Å²) in [7, 11) is 1.57. The number of hydrogen-bond donors (Lipinski definition) is 1. The molecule has 1 amide bonds. The van der Waals surface area contributed by atoms with Crippen LogP contribution in [0.2, 0.25) is 5.02 Å². The highest BCUT2D eigenvalue weighted by Crippen LogP contribution is 2.46. The SMILES string of the molecule is COc1ccc(Cl)c2c1NC(=O)C2(C)C. The van der Waals surface area contributed by atoms with Crippen LogP contribution in [0.5, 0.6) is 5.75 Å². The molecule has 0 bridgehead atoms. The maximum atomic E-state index is 11.7. The summed E-state index contributed by atoms with van der Waals surface area (Å²) in [5.41, 5.74) is 0.912. The third-order valence-corrected chi connectivity index (χ3v) is 3.08. The van der Waals surface area contributed by atoms with Gasteiger partial charge in [-0.15, -0.1) is 0 Å². The van der Waals surface area contributed by atoms with Gasteiger partial charge >= 0.3 is 0 Å². The van der Waals surface area contributed by atoms with Crippen LogP contribution < -0.4 is 10.1 Å². The summed E-state index contributed by atoms with van der Waals surface area (Å²) in [6.45, 7) is 3.69. The molecule has 0 aromatic heterocycles. The van der Waals surface area contributed by atoms with Crippen LogP contribution in [0.1, 0.15) is 19.4 Å². The summed E-state index contributed by atoms with van der Waals surface area (Å²) in [5, 5.41) is 3.39. The summed E-state index contributed by atoms with van der Waals surface area (Å²) in [4.78, 5) is 11.7. The standard InChI is InChI=1S/C11H12ClNO2/c1-11(2)8-6(12)4-5-7(15-3)9(8)13-10(11)14/h4-5H,1-3H3,(H,13,14). The van der Waals surface area contributed by atoms with Gasteiger partial charge in [-0.2, -0.15) is 0 Å². The highest BCUT2D eigenvalue weighted by molar-refractivity contribution is 6.33. The average molecular weight is 226 g/mol. The van der Waals surface area contributed by atoms with E-state index < -0.39 is 5.41 Å². The first-order valence-electron chi connectivity index (χ1n) is 4.67. The molecule has 0 aliphatic carbocycles. The number of benzene rings is 1. The molecular formula is C11H12ClNO2. The van der Waals surface area contributed by atoms with E-state index in [0.29, 0.717) is 16.5 Å². The van der Waals surface area contributed by atoms with Gasteiger partial charge in [0.1, 0.15) is 5.75 Å². The van der Waals surface area contributed by atoms with Gasteiger partial charge < -0.3 is 10.1 Å². The Morgan fingerprint density at radius 2 is 2.07 bits per heavy atom. The van der Waals surface area contributed by atoms with Crippen LogP contribution in [0, 0.1) is 0 Å². The maximum absolute atomic E-state index is 11.7. The largest absolute Gasteiger partial charge is 0.495 e. The second kappa shape index (κ2) is 3.14. The molecule has 1 N–H and O–H groups in total. The molecule has 0 saturated heterocycles. The third kappa shape index (κ3) is 1.30. The van der Waals surface area contributed by atoms with Crippen LogP contribution in [0.15, 0.2) is 12.1 Å². The number of methoxy groups -OCH3 is 1. The molecule has 3 nitrogen and oxygen atoms in total. The Kier molecular flexibility index (Phi) is 2.15. The van der Waals surface area contributed by atoms with Crippen molar-refractivity contribution in [2.45, 2.75) is 19.3 Å². The Morgan fingerprint density at radius 1 is 1.40 bits per heavy atom. The molecule has 1 heterocycles. The van der Waals surface area contributed by atoms with E-state index in [0.717, 1.165) is 5.56 Å². The van der Waals surface area contributed by atoms with Crippen molar-refractivity contribution >= 4 is 23.2 Å². The Balaban J connectivity index is 2.72. The molecule has 0 fully saturated rings. The predicted octanol–water partition coefficient (Wildman–Crippen LogP) is 2.58. The van der Waals surface area contributed by atoms with Gasteiger partial charge in [0.25, 0.3) is 0 Å². The summed E-state index contributed by atoms with van der Waals surface area (Å²) in [5.74, 6) is 0.595. The maximum Gasteiger partial charge on any atom is 0.234 e. The van der Waals surface area contributed by atoms with Crippen LogP contribution in [0.3, 0.4) is 0 Å². The quantitative estimate of drug-likeness (QED) is 0.798. The number of halogens is 1. The van der Waals surface area contributed by atoms with Crippen LogP contribution in [-0.2, 0) is 10.2 Å². The van der Waals surface area contributed by atoms with Crippen molar-refractivity contribution in [3.05, 3.63) is 22.7 Å². The molecule has 0 spiro atoms. The number of nitrogens with one attached hydrogen (secondary N) is 1. The lowest BCUT2D eigenvalue weighted by atomic mass is 9.86. The highest BCUT2D eigenvalue weighted by atomic mass is 35.5. The average Bonchev–Trinajstić information content (AvgIpc) is 2.40. The molecule has 80 valence electrons. The summed E-state index contributed by atoms with van der Waals surface area (Å²) < 4.78 is 5.18. The molecule has 1 aliphatic rings. The number of amides is 1. The molecule has 0 unspecified atom stereocenters. The van der Waals surface area contributed by atoms with Gasteiger partial charge in [-0.1, -0.05) is 11.6 Å². The van der Waals surface area contributed by atoms with Gasteiger partial charge in [-0.3, -0.25) is 4.79 Å². The zero-order valence-electron chi connectivity index (χ0n) is 8.85. The van der Waals surface area contributed by atoms with Gasteiger partial charge in [0.05, 0.1) is 18.2 Å². The van der Waals surface area contributed by atoms with Crippen molar-refractivity contribution < 1.29 is 9.53 Å². The fraction of sp³-hybridized carbons (Fsp3) is 0.364. The first-order chi connectivity index (χ1) is 6.98. The van der Waals surface area contributed by atoms with Crippen molar-refractivity contribution in [2.75, 3.05) is 12.4 Å². The lowest BCUT2D eigenvalue weighted by molar-refractivity contribution is -0.119. The molecule has 2 rings (SSSR count). The number of rotatable bonds is 1. The van der Waals surface area contributed by atoms with E-state index in [4.69, 9.17) is 16.3 Å². The molecule has 0 radical (unpaired) electrons. The minimum Gasteiger partial charge on any atom is -0.495 e. The van der Waals surface area contributed by atoms with Gasteiger partial charge in [0, 0.05) is 10.6 Å². The lowest BCUT2D eigenvalue weighted by Gasteiger charge is -2.16. The lowest BCUT2D eigenvalue weighted by Crippen LogP contribution is -2.27. The first kappa shape index (κ1) is 10.3. The van der Waals surface area contributed by atoms with Crippen molar-refractivity contribution in [2.24, 2.45) is 0 Å². The van der Waals surface area contributed by atoms with E-state index in [-0.39, 0.29) is 5.91 Å². The number of fused-ring (bicyclic) bond motifs is 1. The second-order valence-corrected chi connectivity index (χ2v) is 4.49. The molecule has 1 aliphatic heterocycles. The van der Waals surface area contributed by atoms with E-state index >= 15 is 0 Å². The van der Waals surface area contributed by atoms with Crippen molar-refractivity contribution in [3.63, 3.8) is 0 Å². The number of carbonyl (C=O) groups excluding carboxylic acids is 1. The van der Waals surface area contributed by atoms with Crippen LogP contribution in [-0.4, -0.2) is 13.0 Å². The monoisotopic (exact) mass is 225 g/mol. The Hall–Kier alpha value is -1.22. The van der Waals surface area contributed by atoms with Gasteiger partial charge in [0.2, 0.25) is 5.91 Å². The smallest absolute Gasteiger partial charge is 0.234 e. The van der Waals surface area contributed by atoms with Crippen molar-refractivity contribution in [3.8, 4) is 5.75 Å². The van der Waals surface area contributed by atoms with Crippen LogP contribution in [0.4, 0.5) is 5.69 Å². The van der Waals surface area contributed by atoms with E-state index in [1.165, 1.54) is 0 Å². The zero-order chi connectivity index (χ0) is 11.2. The molecule has 1 aromatic rings. The summed E-state index contributed by atoms with van der Waals surface area (Å²) in [6.07, 6.45) is 0. The summed E-state index contributed by atoms with van der Waals surface area (Å²) in [6, 6.07) is 3.50. The normalized spacial score (nSPS) is 17.2. The Bertz CT molecular complexity index is 440. The van der Waals surface area contributed by atoms with E-state index in [2.05, 4.69) is 5.32 Å². The number of hydrogen-bond acceptors (Lipinski definition) is 2. The Morgan fingerprint density at radius 3 is 2.67 bits per heavy atom.